The molecule has 0 saturated heterocycles. The van der Waals surface area contributed by atoms with Crippen LogP contribution in [0, 0.1) is 19.7 Å². The fourth-order valence-electron chi connectivity index (χ4n) is 3.38. The van der Waals surface area contributed by atoms with Crippen LogP contribution < -0.4 is 0 Å². The smallest absolute Gasteiger partial charge is 0.340 e. The van der Waals surface area contributed by atoms with Gasteiger partial charge in [0.15, 0.2) is 6.61 Å². The fraction of sp³-hybridized carbons (Fsp3) is 0.217. The highest BCUT2D eigenvalue weighted by atomic mass is 35.5. The van der Waals surface area contributed by atoms with E-state index < -0.39 is 34.2 Å². The molecule has 0 saturated carbocycles. The zero-order valence-corrected chi connectivity index (χ0v) is 20.0. The van der Waals surface area contributed by atoms with E-state index in [1.54, 1.807) is 36.6 Å². The predicted octanol–water partition coefficient (Wildman–Crippen LogP) is 4.18. The third kappa shape index (κ3) is 5.00. The quantitative estimate of drug-likeness (QED) is 0.365. The van der Waals surface area contributed by atoms with Gasteiger partial charge in [-0.2, -0.15) is 0 Å². The van der Waals surface area contributed by atoms with Crippen LogP contribution in [-0.4, -0.2) is 49.7 Å². The molecule has 0 bridgehead atoms. The van der Waals surface area contributed by atoms with Gasteiger partial charge in [-0.25, -0.2) is 21.9 Å². The number of carbonyl (C=O) groups is 2. The molecule has 0 unspecified atom stereocenters. The average Bonchev–Trinajstić information content (AvgIpc) is 3.05. The number of benzene rings is 2. The number of ether oxygens (including phenoxy) is 1. The molecule has 0 radical (unpaired) electrons. The first kappa shape index (κ1) is 24.6. The van der Waals surface area contributed by atoms with Crippen molar-refractivity contribution in [1.82, 2.24) is 8.87 Å². The lowest BCUT2D eigenvalue weighted by molar-refractivity contribution is 0.0474. The number of aryl methyl sites for hydroxylation is 1. The average molecular weight is 493 g/mol. The first-order valence-electron chi connectivity index (χ1n) is 9.80. The highest BCUT2D eigenvalue weighted by Gasteiger charge is 2.23. The second kappa shape index (κ2) is 9.46. The summed E-state index contributed by atoms with van der Waals surface area (Å²) < 4.78 is 46.2. The van der Waals surface area contributed by atoms with Gasteiger partial charge < -0.3 is 9.30 Å². The summed E-state index contributed by atoms with van der Waals surface area (Å²) in [4.78, 5) is 25.2. The topological polar surface area (TPSA) is 85.7 Å². The van der Waals surface area contributed by atoms with E-state index in [0.29, 0.717) is 22.6 Å². The number of halogens is 2. The van der Waals surface area contributed by atoms with Gasteiger partial charge in [-0.15, -0.1) is 0 Å². The van der Waals surface area contributed by atoms with Crippen LogP contribution in [0.3, 0.4) is 0 Å². The molecule has 1 aromatic heterocycles. The molecule has 7 nitrogen and oxygen atoms in total. The number of esters is 1. The second-order valence-corrected chi connectivity index (χ2v) is 10.1. The SMILES string of the molecule is Cc1cc(C(=O)COC(=O)c2cc(S(=O)(=O)N(C)C)ccc2Cl)c(C)n1-c1cccc(F)c1. The molecule has 0 atom stereocenters. The van der Waals surface area contributed by atoms with Crippen LogP contribution in [0.5, 0.6) is 0 Å². The molecule has 0 aliphatic carbocycles. The van der Waals surface area contributed by atoms with Gasteiger partial charge >= 0.3 is 5.97 Å². The lowest BCUT2D eigenvalue weighted by atomic mass is 10.1. The summed E-state index contributed by atoms with van der Waals surface area (Å²) >= 11 is 6.05. The third-order valence-electron chi connectivity index (χ3n) is 5.07. The number of nitrogens with zero attached hydrogens (tertiary/aromatic N) is 2. The molecule has 0 amide bonds. The van der Waals surface area contributed by atoms with Gasteiger partial charge in [0.05, 0.1) is 15.5 Å². The van der Waals surface area contributed by atoms with Crippen molar-refractivity contribution in [3.63, 3.8) is 0 Å². The minimum atomic E-state index is -3.79. The number of hydrogen-bond donors (Lipinski definition) is 0. The van der Waals surface area contributed by atoms with Crippen LogP contribution in [-0.2, 0) is 14.8 Å². The summed E-state index contributed by atoms with van der Waals surface area (Å²) in [5.41, 5.74) is 1.98. The molecule has 0 N–H and O–H groups in total. The Labute approximate surface area is 196 Å². The first-order valence-corrected chi connectivity index (χ1v) is 11.6. The summed E-state index contributed by atoms with van der Waals surface area (Å²) in [6.07, 6.45) is 0. The summed E-state index contributed by atoms with van der Waals surface area (Å²) in [6.45, 7) is 2.91. The Bertz CT molecular complexity index is 1350. The second-order valence-electron chi connectivity index (χ2n) is 7.53. The largest absolute Gasteiger partial charge is 0.454 e. The van der Waals surface area contributed by atoms with E-state index in [1.807, 2.05) is 0 Å². The van der Waals surface area contributed by atoms with Gasteiger partial charge in [0.25, 0.3) is 0 Å². The number of carbonyl (C=O) groups excluding carboxylic acids is 2. The third-order valence-corrected chi connectivity index (χ3v) is 7.21. The molecular formula is C23H22ClFN2O5S. The summed E-state index contributed by atoms with van der Waals surface area (Å²) in [5.74, 6) is -1.80. The lowest BCUT2D eigenvalue weighted by Crippen LogP contribution is -2.22. The van der Waals surface area contributed by atoms with Crippen molar-refractivity contribution < 1.29 is 27.1 Å². The molecule has 2 aromatic carbocycles. The Morgan fingerprint density at radius 2 is 1.76 bits per heavy atom. The van der Waals surface area contributed by atoms with Crippen LogP contribution >= 0.6 is 11.6 Å². The monoisotopic (exact) mass is 492 g/mol. The van der Waals surface area contributed by atoms with Gasteiger partial charge in [0, 0.05) is 36.7 Å². The van der Waals surface area contributed by atoms with Gasteiger partial charge in [0.2, 0.25) is 15.8 Å². The number of sulfonamides is 1. The summed E-state index contributed by atoms with van der Waals surface area (Å²) in [5, 5.41) is -0.00515. The Morgan fingerprint density at radius 3 is 2.39 bits per heavy atom. The maximum Gasteiger partial charge on any atom is 0.340 e. The summed E-state index contributed by atoms with van der Waals surface area (Å²) in [7, 11) is -1.07. The Morgan fingerprint density at radius 1 is 1.06 bits per heavy atom. The molecule has 0 spiro atoms. The molecule has 33 heavy (non-hydrogen) atoms. The minimum absolute atomic E-state index is 0.00515. The highest BCUT2D eigenvalue weighted by Crippen LogP contribution is 2.24. The molecular weight excluding hydrogens is 471 g/mol. The van der Waals surface area contributed by atoms with E-state index in [2.05, 4.69) is 0 Å². The Balaban J connectivity index is 1.81. The maximum absolute atomic E-state index is 13.6. The van der Waals surface area contributed by atoms with Crippen molar-refractivity contribution >= 4 is 33.4 Å². The van der Waals surface area contributed by atoms with Crippen LogP contribution in [0.1, 0.15) is 32.1 Å². The van der Waals surface area contributed by atoms with Gasteiger partial charge in [-0.05, 0) is 56.3 Å². The molecule has 174 valence electrons. The van der Waals surface area contributed by atoms with E-state index in [-0.39, 0.29) is 15.5 Å². The van der Waals surface area contributed by atoms with Crippen molar-refractivity contribution in [2.45, 2.75) is 18.7 Å². The molecule has 0 aliphatic rings. The van der Waals surface area contributed by atoms with E-state index >= 15 is 0 Å². The van der Waals surface area contributed by atoms with Crippen molar-refractivity contribution in [1.29, 1.82) is 0 Å². The molecule has 1 heterocycles. The molecule has 3 aromatic rings. The van der Waals surface area contributed by atoms with Crippen molar-refractivity contribution in [2.75, 3.05) is 20.7 Å². The Kier molecular flexibility index (Phi) is 7.06. The first-order chi connectivity index (χ1) is 15.4. The minimum Gasteiger partial charge on any atom is -0.454 e. The van der Waals surface area contributed by atoms with Crippen molar-refractivity contribution in [2.24, 2.45) is 0 Å². The number of hydrogen-bond acceptors (Lipinski definition) is 5. The number of Topliss-reactive ketones (excluding diaryl/α,β-unsaturated/α-hetero) is 1. The van der Waals surface area contributed by atoms with Gasteiger partial charge in [-0.1, -0.05) is 17.7 Å². The molecule has 0 fully saturated rings. The van der Waals surface area contributed by atoms with E-state index in [4.69, 9.17) is 16.3 Å². The molecule has 10 heteroatoms. The molecule has 3 rings (SSSR count). The van der Waals surface area contributed by atoms with E-state index in [1.165, 1.54) is 38.4 Å². The van der Waals surface area contributed by atoms with Gasteiger partial charge in [0.1, 0.15) is 5.82 Å². The number of ketones is 1. The standard InChI is InChI=1S/C23H22ClFN2O5S/c1-14-10-19(15(2)27(14)17-7-5-6-16(25)11-17)22(28)13-32-23(29)20-12-18(8-9-21(20)24)33(30,31)26(3)4/h5-12H,13H2,1-4H3. The van der Waals surface area contributed by atoms with E-state index in [0.717, 1.165) is 10.4 Å². The van der Waals surface area contributed by atoms with E-state index in [9.17, 15) is 22.4 Å². The lowest BCUT2D eigenvalue weighted by Gasteiger charge is -2.13. The van der Waals surface area contributed by atoms with Crippen LogP contribution in [0.4, 0.5) is 4.39 Å². The zero-order chi connectivity index (χ0) is 24.5. The normalized spacial score (nSPS) is 11.6. The zero-order valence-electron chi connectivity index (χ0n) is 18.4. The number of rotatable bonds is 7. The van der Waals surface area contributed by atoms with Crippen LogP contribution in [0.25, 0.3) is 5.69 Å². The maximum atomic E-state index is 13.6. The van der Waals surface area contributed by atoms with Gasteiger partial charge in [-0.3, -0.25) is 4.79 Å². The highest BCUT2D eigenvalue weighted by molar-refractivity contribution is 7.89. The van der Waals surface area contributed by atoms with Crippen LogP contribution in [0.15, 0.2) is 53.4 Å². The Hall–Kier alpha value is -3.01. The van der Waals surface area contributed by atoms with Crippen LogP contribution in [0.2, 0.25) is 5.02 Å². The molecule has 0 aliphatic heterocycles. The predicted molar refractivity (Wildman–Crippen MR) is 122 cm³/mol. The van der Waals surface area contributed by atoms with Crippen molar-refractivity contribution in [3.8, 4) is 5.69 Å². The number of aromatic nitrogens is 1. The summed E-state index contributed by atoms with van der Waals surface area (Å²) in [6, 6.07) is 11.3. The fourth-order valence-corrected chi connectivity index (χ4v) is 4.50. The van der Waals surface area contributed by atoms with Crippen molar-refractivity contribution in [3.05, 3.63) is 81.9 Å².